The molecular weight excluding hydrogens is 168 g/mol. The van der Waals surface area contributed by atoms with Crippen LogP contribution in [-0.4, -0.2) is 18.0 Å². The van der Waals surface area contributed by atoms with Gasteiger partial charge in [0.05, 0.1) is 13.4 Å². The van der Waals surface area contributed by atoms with Crippen molar-refractivity contribution in [3.63, 3.8) is 0 Å². The Bertz CT molecular complexity index is 448. The molecule has 0 saturated heterocycles. The summed E-state index contributed by atoms with van der Waals surface area (Å²) in [5.74, 6) is 0.0401. The largest absolute Gasteiger partial charge is 0.480 e. The lowest BCUT2D eigenvalue weighted by molar-refractivity contribution is 0.399. The summed E-state index contributed by atoms with van der Waals surface area (Å²) in [4.78, 5) is 4.09. The number of pyridine rings is 1. The molecule has 0 aliphatic rings. The van der Waals surface area contributed by atoms with Crippen LogP contribution in [0, 0.1) is 5.41 Å². The standard InChI is InChI=1S/C9H8N2O2/c1-12-8(10)7-3-2-6-4-5-13-9(6)11-7/h2-5,10H,1H3. The molecule has 2 rings (SSSR count). The number of ether oxygens (including phenoxy) is 1. The Morgan fingerprint density at radius 2 is 2.31 bits per heavy atom. The van der Waals surface area contributed by atoms with Crippen molar-refractivity contribution in [1.82, 2.24) is 4.98 Å². The van der Waals surface area contributed by atoms with Crippen molar-refractivity contribution >= 4 is 17.0 Å². The second-order valence-electron chi connectivity index (χ2n) is 2.54. The van der Waals surface area contributed by atoms with Gasteiger partial charge in [0.25, 0.3) is 0 Å². The lowest BCUT2D eigenvalue weighted by atomic mass is 10.3. The van der Waals surface area contributed by atoms with Gasteiger partial charge in [-0.2, -0.15) is 0 Å². The SMILES string of the molecule is COC(=N)c1ccc2ccoc2n1. The first-order valence-corrected chi connectivity index (χ1v) is 3.78. The van der Waals surface area contributed by atoms with E-state index < -0.39 is 0 Å². The van der Waals surface area contributed by atoms with Crippen molar-refractivity contribution < 1.29 is 9.15 Å². The highest BCUT2D eigenvalue weighted by Gasteiger charge is 2.05. The molecule has 0 aromatic carbocycles. The average Bonchev–Trinajstić information content (AvgIpc) is 2.63. The molecule has 13 heavy (non-hydrogen) atoms. The molecule has 0 aliphatic heterocycles. The number of furan rings is 1. The van der Waals surface area contributed by atoms with Crippen LogP contribution in [-0.2, 0) is 4.74 Å². The number of hydrogen-bond donors (Lipinski definition) is 1. The van der Waals surface area contributed by atoms with Crippen molar-refractivity contribution in [2.75, 3.05) is 7.11 Å². The van der Waals surface area contributed by atoms with Gasteiger partial charge in [-0.15, -0.1) is 0 Å². The third-order valence-electron chi connectivity index (χ3n) is 1.75. The van der Waals surface area contributed by atoms with Crippen LogP contribution >= 0.6 is 0 Å². The summed E-state index contributed by atoms with van der Waals surface area (Å²) in [5, 5.41) is 8.30. The average molecular weight is 176 g/mol. The molecule has 0 amide bonds. The normalized spacial score (nSPS) is 10.2. The van der Waals surface area contributed by atoms with Gasteiger partial charge in [0.1, 0.15) is 5.69 Å². The maximum absolute atomic E-state index is 7.38. The van der Waals surface area contributed by atoms with Crippen LogP contribution in [0.2, 0.25) is 0 Å². The summed E-state index contributed by atoms with van der Waals surface area (Å²) >= 11 is 0. The molecule has 0 aliphatic carbocycles. The zero-order valence-electron chi connectivity index (χ0n) is 7.07. The molecule has 0 atom stereocenters. The molecular formula is C9H8N2O2. The van der Waals surface area contributed by atoms with Gasteiger partial charge < -0.3 is 9.15 Å². The molecule has 4 heteroatoms. The van der Waals surface area contributed by atoms with Crippen LogP contribution < -0.4 is 0 Å². The third-order valence-corrected chi connectivity index (χ3v) is 1.75. The Hall–Kier alpha value is -1.84. The Balaban J connectivity index is 2.54. The van der Waals surface area contributed by atoms with Crippen molar-refractivity contribution in [2.24, 2.45) is 0 Å². The first kappa shape index (κ1) is 7.79. The van der Waals surface area contributed by atoms with E-state index in [0.29, 0.717) is 11.4 Å². The van der Waals surface area contributed by atoms with E-state index in [1.54, 1.807) is 12.3 Å². The monoisotopic (exact) mass is 176 g/mol. The maximum Gasteiger partial charge on any atom is 0.232 e. The van der Waals surface area contributed by atoms with Crippen LogP contribution in [0.3, 0.4) is 0 Å². The highest BCUT2D eigenvalue weighted by atomic mass is 16.5. The summed E-state index contributed by atoms with van der Waals surface area (Å²) < 4.78 is 9.83. The molecule has 0 bridgehead atoms. The van der Waals surface area contributed by atoms with E-state index in [1.807, 2.05) is 12.1 Å². The smallest absolute Gasteiger partial charge is 0.232 e. The minimum atomic E-state index is 0.0401. The second kappa shape index (κ2) is 2.90. The summed E-state index contributed by atoms with van der Waals surface area (Å²) in [6.07, 6.45) is 1.57. The van der Waals surface area contributed by atoms with E-state index in [9.17, 15) is 0 Å². The van der Waals surface area contributed by atoms with E-state index in [0.717, 1.165) is 5.39 Å². The number of rotatable bonds is 1. The number of fused-ring (bicyclic) bond motifs is 1. The number of methoxy groups -OCH3 is 1. The summed E-state index contributed by atoms with van der Waals surface area (Å²) in [7, 11) is 1.44. The Labute approximate surface area is 74.7 Å². The highest BCUT2D eigenvalue weighted by Crippen LogP contribution is 2.13. The van der Waals surface area contributed by atoms with Crippen LogP contribution in [0.1, 0.15) is 5.69 Å². The fourth-order valence-corrected chi connectivity index (χ4v) is 1.08. The number of nitrogens with zero attached hydrogens (tertiary/aromatic N) is 1. The lowest BCUT2D eigenvalue weighted by Gasteiger charge is -1.99. The molecule has 2 heterocycles. The van der Waals surface area contributed by atoms with Crippen LogP contribution in [0.15, 0.2) is 28.9 Å². The van der Waals surface area contributed by atoms with E-state index in [4.69, 9.17) is 14.6 Å². The van der Waals surface area contributed by atoms with Gasteiger partial charge in [-0.1, -0.05) is 0 Å². The molecule has 0 fully saturated rings. The third kappa shape index (κ3) is 1.26. The zero-order chi connectivity index (χ0) is 9.26. The Kier molecular flexibility index (Phi) is 1.73. The molecule has 0 spiro atoms. The van der Waals surface area contributed by atoms with Gasteiger partial charge >= 0.3 is 0 Å². The Morgan fingerprint density at radius 1 is 1.46 bits per heavy atom. The van der Waals surface area contributed by atoms with Gasteiger partial charge in [0.15, 0.2) is 0 Å². The van der Waals surface area contributed by atoms with Crippen molar-refractivity contribution in [1.29, 1.82) is 5.41 Å². The summed E-state index contributed by atoms with van der Waals surface area (Å²) in [6, 6.07) is 5.39. The number of hydrogen-bond acceptors (Lipinski definition) is 4. The van der Waals surface area contributed by atoms with Gasteiger partial charge in [-0.05, 0) is 18.2 Å². The molecule has 0 saturated carbocycles. The number of nitrogens with one attached hydrogen (secondary N) is 1. The van der Waals surface area contributed by atoms with E-state index in [1.165, 1.54) is 7.11 Å². The summed E-state index contributed by atoms with van der Waals surface area (Å²) in [5.41, 5.74) is 1.00. The van der Waals surface area contributed by atoms with Gasteiger partial charge in [-0.25, -0.2) is 4.98 Å². The van der Waals surface area contributed by atoms with Gasteiger partial charge in [0, 0.05) is 5.39 Å². The van der Waals surface area contributed by atoms with Crippen LogP contribution in [0.5, 0.6) is 0 Å². The molecule has 2 aromatic rings. The zero-order valence-corrected chi connectivity index (χ0v) is 7.07. The van der Waals surface area contributed by atoms with Crippen molar-refractivity contribution in [3.8, 4) is 0 Å². The molecule has 0 radical (unpaired) electrons. The van der Waals surface area contributed by atoms with Gasteiger partial charge in [-0.3, -0.25) is 5.41 Å². The molecule has 2 aromatic heterocycles. The van der Waals surface area contributed by atoms with E-state index in [-0.39, 0.29) is 5.90 Å². The Morgan fingerprint density at radius 3 is 3.08 bits per heavy atom. The minimum Gasteiger partial charge on any atom is -0.480 e. The molecule has 4 nitrogen and oxygen atoms in total. The molecule has 0 unspecified atom stereocenters. The van der Waals surface area contributed by atoms with Crippen LogP contribution in [0.4, 0.5) is 0 Å². The van der Waals surface area contributed by atoms with Gasteiger partial charge in [0.2, 0.25) is 11.6 Å². The van der Waals surface area contributed by atoms with Crippen molar-refractivity contribution in [3.05, 3.63) is 30.2 Å². The van der Waals surface area contributed by atoms with Crippen molar-refractivity contribution in [2.45, 2.75) is 0 Å². The highest BCUT2D eigenvalue weighted by molar-refractivity contribution is 5.91. The quantitative estimate of drug-likeness (QED) is 0.532. The first-order valence-electron chi connectivity index (χ1n) is 3.78. The summed E-state index contributed by atoms with van der Waals surface area (Å²) in [6.45, 7) is 0. The predicted molar refractivity (Wildman–Crippen MR) is 47.8 cm³/mol. The fraction of sp³-hybridized carbons (Fsp3) is 0.111. The fourth-order valence-electron chi connectivity index (χ4n) is 1.08. The lowest BCUT2D eigenvalue weighted by Crippen LogP contribution is -2.03. The molecule has 1 N–H and O–H groups in total. The maximum atomic E-state index is 7.38. The topological polar surface area (TPSA) is 59.1 Å². The van der Waals surface area contributed by atoms with E-state index in [2.05, 4.69) is 4.98 Å². The first-order chi connectivity index (χ1) is 6.31. The van der Waals surface area contributed by atoms with Crippen LogP contribution in [0.25, 0.3) is 11.1 Å². The molecule has 66 valence electrons. The predicted octanol–water partition coefficient (Wildman–Crippen LogP) is 1.80. The second-order valence-corrected chi connectivity index (χ2v) is 2.54. The minimum absolute atomic E-state index is 0.0401. The number of aromatic nitrogens is 1. The van der Waals surface area contributed by atoms with E-state index >= 15 is 0 Å².